The summed E-state index contributed by atoms with van der Waals surface area (Å²) in [5.41, 5.74) is 2.65. The third kappa shape index (κ3) is 0.994. The molecule has 0 radical (unpaired) electrons. The third-order valence-corrected chi connectivity index (χ3v) is 2.18. The predicted molar refractivity (Wildman–Crippen MR) is 46.7 cm³/mol. The fraction of sp³-hybridized carbons (Fsp3) is 0.333. The van der Waals surface area contributed by atoms with Crippen LogP contribution < -0.4 is 10.6 Å². The zero-order chi connectivity index (χ0) is 7.68. The maximum atomic E-state index is 3.34. The van der Waals surface area contributed by atoms with E-state index < -0.39 is 0 Å². The van der Waals surface area contributed by atoms with Crippen LogP contribution in [-0.2, 0) is 0 Å². The van der Waals surface area contributed by atoms with Gasteiger partial charge in [-0.3, -0.25) is 0 Å². The Bertz CT molecular complexity index is 257. The minimum Gasteiger partial charge on any atom is -0.383 e. The van der Waals surface area contributed by atoms with E-state index in [0.29, 0.717) is 6.04 Å². The van der Waals surface area contributed by atoms with Gasteiger partial charge < -0.3 is 10.6 Å². The summed E-state index contributed by atoms with van der Waals surface area (Å²) >= 11 is 0. The maximum Gasteiger partial charge on any atom is 0.0513 e. The molecule has 2 N–H and O–H groups in total. The summed E-state index contributed by atoms with van der Waals surface area (Å²) in [5.74, 6) is 0. The largest absolute Gasteiger partial charge is 0.383 e. The molecule has 1 aliphatic heterocycles. The smallest absolute Gasteiger partial charge is 0.0513 e. The summed E-state index contributed by atoms with van der Waals surface area (Å²) in [5, 5.41) is 6.60. The molecule has 0 aromatic heterocycles. The number of hydrogen-bond acceptors (Lipinski definition) is 2. The molecule has 0 fully saturated rings. The molecule has 0 saturated carbocycles. The molecule has 1 aromatic carbocycles. The summed E-state index contributed by atoms with van der Waals surface area (Å²) < 4.78 is 0. The second-order valence-electron chi connectivity index (χ2n) is 2.81. The van der Waals surface area contributed by atoms with Crippen LogP contribution in [0.1, 0.15) is 11.6 Å². The SMILES string of the molecule is CNC1CNc2ccccc21. The van der Waals surface area contributed by atoms with Crippen molar-refractivity contribution in [1.82, 2.24) is 5.32 Å². The van der Waals surface area contributed by atoms with Gasteiger partial charge in [-0.05, 0) is 18.7 Å². The van der Waals surface area contributed by atoms with Crippen LogP contribution in [0.5, 0.6) is 0 Å². The number of para-hydroxylation sites is 1. The van der Waals surface area contributed by atoms with Crippen molar-refractivity contribution in [1.29, 1.82) is 0 Å². The normalized spacial score (nSPS) is 21.0. The quantitative estimate of drug-likeness (QED) is 0.628. The highest BCUT2D eigenvalue weighted by molar-refractivity contribution is 5.57. The van der Waals surface area contributed by atoms with Crippen LogP contribution in [0.3, 0.4) is 0 Å². The first-order chi connectivity index (χ1) is 5.42. The van der Waals surface area contributed by atoms with Gasteiger partial charge in [0.15, 0.2) is 0 Å². The van der Waals surface area contributed by atoms with Gasteiger partial charge in [0.1, 0.15) is 0 Å². The maximum absolute atomic E-state index is 3.34. The number of likely N-dealkylation sites (N-methyl/N-ethyl adjacent to an activating group) is 1. The fourth-order valence-corrected chi connectivity index (χ4v) is 1.54. The molecule has 11 heavy (non-hydrogen) atoms. The van der Waals surface area contributed by atoms with E-state index in [2.05, 4.69) is 34.9 Å². The van der Waals surface area contributed by atoms with Gasteiger partial charge in [-0.25, -0.2) is 0 Å². The molecule has 1 heterocycles. The van der Waals surface area contributed by atoms with E-state index >= 15 is 0 Å². The number of nitrogens with one attached hydrogen (secondary N) is 2. The van der Waals surface area contributed by atoms with Crippen molar-refractivity contribution in [3.8, 4) is 0 Å². The Labute approximate surface area is 66.6 Å². The van der Waals surface area contributed by atoms with Crippen molar-refractivity contribution in [3.63, 3.8) is 0 Å². The van der Waals surface area contributed by atoms with Gasteiger partial charge in [0.05, 0.1) is 6.04 Å². The summed E-state index contributed by atoms with van der Waals surface area (Å²) in [6, 6.07) is 8.91. The molecule has 2 heteroatoms. The fourth-order valence-electron chi connectivity index (χ4n) is 1.54. The van der Waals surface area contributed by atoms with Crippen LogP contribution in [0.2, 0.25) is 0 Å². The van der Waals surface area contributed by atoms with E-state index in [1.807, 2.05) is 7.05 Å². The van der Waals surface area contributed by atoms with E-state index in [1.165, 1.54) is 11.3 Å². The standard InChI is InChI=1S/C9H12N2/c1-10-9-6-11-8-5-3-2-4-7(8)9/h2-5,9-11H,6H2,1H3. The zero-order valence-corrected chi connectivity index (χ0v) is 6.59. The molecule has 0 bridgehead atoms. The number of rotatable bonds is 1. The molecule has 58 valence electrons. The van der Waals surface area contributed by atoms with E-state index in [0.717, 1.165) is 6.54 Å². The van der Waals surface area contributed by atoms with Gasteiger partial charge in [-0.1, -0.05) is 18.2 Å². The first-order valence-corrected chi connectivity index (χ1v) is 3.92. The Kier molecular flexibility index (Phi) is 1.55. The molecule has 2 rings (SSSR count). The molecule has 1 aromatic rings. The average molecular weight is 148 g/mol. The number of hydrogen-bond donors (Lipinski definition) is 2. The molecule has 0 saturated heterocycles. The van der Waals surface area contributed by atoms with E-state index in [-0.39, 0.29) is 0 Å². The van der Waals surface area contributed by atoms with Crippen LogP contribution in [0.25, 0.3) is 0 Å². The van der Waals surface area contributed by atoms with Crippen molar-refractivity contribution >= 4 is 5.69 Å². The number of anilines is 1. The molecule has 1 atom stereocenters. The van der Waals surface area contributed by atoms with E-state index in [1.54, 1.807) is 0 Å². The van der Waals surface area contributed by atoms with Crippen LogP contribution in [0.15, 0.2) is 24.3 Å². The van der Waals surface area contributed by atoms with Crippen molar-refractivity contribution in [2.75, 3.05) is 18.9 Å². The van der Waals surface area contributed by atoms with Gasteiger partial charge >= 0.3 is 0 Å². The molecule has 1 aliphatic rings. The summed E-state index contributed by atoms with van der Waals surface area (Å²) in [7, 11) is 1.99. The van der Waals surface area contributed by atoms with Crippen LogP contribution in [0.4, 0.5) is 5.69 Å². The molecule has 0 spiro atoms. The monoisotopic (exact) mass is 148 g/mol. The third-order valence-electron chi connectivity index (χ3n) is 2.18. The Balaban J connectivity index is 2.39. The molecular weight excluding hydrogens is 136 g/mol. The zero-order valence-electron chi connectivity index (χ0n) is 6.59. The van der Waals surface area contributed by atoms with E-state index in [9.17, 15) is 0 Å². The van der Waals surface area contributed by atoms with Crippen molar-refractivity contribution in [3.05, 3.63) is 29.8 Å². The minimum atomic E-state index is 0.492. The molecular formula is C9H12N2. The predicted octanol–water partition coefficient (Wildman–Crippen LogP) is 1.37. The summed E-state index contributed by atoms with van der Waals surface area (Å²) in [6.07, 6.45) is 0. The second kappa shape index (κ2) is 2.55. The van der Waals surface area contributed by atoms with Gasteiger partial charge in [-0.2, -0.15) is 0 Å². The lowest BCUT2D eigenvalue weighted by Crippen LogP contribution is -2.17. The number of benzene rings is 1. The lowest BCUT2D eigenvalue weighted by atomic mass is 10.1. The Morgan fingerprint density at radius 2 is 2.27 bits per heavy atom. The Hall–Kier alpha value is -1.02. The van der Waals surface area contributed by atoms with Gasteiger partial charge in [0, 0.05) is 12.2 Å². The van der Waals surface area contributed by atoms with Crippen LogP contribution >= 0.6 is 0 Å². The topological polar surface area (TPSA) is 24.1 Å². The molecule has 0 amide bonds. The van der Waals surface area contributed by atoms with Crippen LogP contribution in [0, 0.1) is 0 Å². The summed E-state index contributed by atoms with van der Waals surface area (Å²) in [4.78, 5) is 0. The average Bonchev–Trinajstić information content (AvgIpc) is 2.47. The highest BCUT2D eigenvalue weighted by Gasteiger charge is 2.18. The van der Waals surface area contributed by atoms with E-state index in [4.69, 9.17) is 0 Å². The Morgan fingerprint density at radius 1 is 1.45 bits per heavy atom. The minimum absolute atomic E-state index is 0.492. The lowest BCUT2D eigenvalue weighted by molar-refractivity contribution is 0.648. The van der Waals surface area contributed by atoms with Gasteiger partial charge in [-0.15, -0.1) is 0 Å². The van der Waals surface area contributed by atoms with Crippen molar-refractivity contribution < 1.29 is 0 Å². The van der Waals surface area contributed by atoms with Crippen molar-refractivity contribution in [2.24, 2.45) is 0 Å². The Morgan fingerprint density at radius 3 is 3.09 bits per heavy atom. The second-order valence-corrected chi connectivity index (χ2v) is 2.81. The molecule has 0 aliphatic carbocycles. The molecule has 2 nitrogen and oxygen atoms in total. The first kappa shape index (κ1) is 6.68. The van der Waals surface area contributed by atoms with Crippen LogP contribution in [-0.4, -0.2) is 13.6 Å². The summed E-state index contributed by atoms with van der Waals surface area (Å²) in [6.45, 7) is 1.01. The number of fused-ring (bicyclic) bond motifs is 1. The lowest BCUT2D eigenvalue weighted by Gasteiger charge is -2.06. The van der Waals surface area contributed by atoms with Gasteiger partial charge in [0.25, 0.3) is 0 Å². The molecule has 1 unspecified atom stereocenters. The highest BCUT2D eigenvalue weighted by Crippen LogP contribution is 2.28. The van der Waals surface area contributed by atoms with Crippen molar-refractivity contribution in [2.45, 2.75) is 6.04 Å². The van der Waals surface area contributed by atoms with Gasteiger partial charge in [0.2, 0.25) is 0 Å². The highest BCUT2D eigenvalue weighted by atomic mass is 15.0. The first-order valence-electron chi connectivity index (χ1n) is 3.92.